The summed E-state index contributed by atoms with van der Waals surface area (Å²) in [5, 5.41) is 5.28. The molecule has 4 aliphatic heterocycles. The fourth-order valence-corrected chi connectivity index (χ4v) is 9.07. The van der Waals surface area contributed by atoms with Crippen molar-refractivity contribution in [3.05, 3.63) is 89.4 Å². The third kappa shape index (κ3) is 11.0. The van der Waals surface area contributed by atoms with Gasteiger partial charge in [0, 0.05) is 99.7 Å². The molecule has 0 spiro atoms. The van der Waals surface area contributed by atoms with Gasteiger partial charge in [-0.2, -0.15) is 0 Å². The molecule has 3 fully saturated rings. The molecule has 4 aliphatic rings. The zero-order valence-corrected chi connectivity index (χ0v) is 34.6. The van der Waals surface area contributed by atoms with Gasteiger partial charge in [0.15, 0.2) is 0 Å². The number of aromatic nitrogens is 2. The first-order chi connectivity index (χ1) is 29.2. The second-order valence-electron chi connectivity index (χ2n) is 15.5. The largest absolute Gasteiger partial charge is 0.371 e. The van der Waals surface area contributed by atoms with Crippen molar-refractivity contribution in [3.8, 4) is 0 Å². The second kappa shape index (κ2) is 20.6. The lowest BCUT2D eigenvalue weighted by atomic mass is 9.91. The Kier molecular flexibility index (Phi) is 14.6. The van der Waals surface area contributed by atoms with Gasteiger partial charge in [0.25, 0.3) is 11.8 Å². The maximum atomic E-state index is 13.3. The Morgan fingerprint density at radius 1 is 0.917 bits per heavy atom. The number of carbonyl (C=O) groups is 6. The van der Waals surface area contributed by atoms with Crippen LogP contribution in [0.25, 0.3) is 6.08 Å². The monoisotopic (exact) mass is 836 g/mol. The van der Waals surface area contributed by atoms with Crippen LogP contribution in [0.15, 0.2) is 72.0 Å². The molecule has 1 unspecified atom stereocenters. The number of nitrogens with one attached hydrogen (secondary N) is 2. The third-order valence-electron chi connectivity index (χ3n) is 11.6. The minimum Gasteiger partial charge on any atom is -0.371 e. The van der Waals surface area contributed by atoms with Gasteiger partial charge in [0.1, 0.15) is 18.5 Å². The topological polar surface area (TPSA) is 174 Å². The molecule has 1 atom stereocenters. The number of piperidine rings is 2. The Bertz CT molecular complexity index is 2050. The van der Waals surface area contributed by atoms with Crippen molar-refractivity contribution in [2.24, 2.45) is 5.92 Å². The minimum atomic E-state index is -0.658. The summed E-state index contributed by atoms with van der Waals surface area (Å²) >= 11 is 1.55. The highest BCUT2D eigenvalue weighted by molar-refractivity contribution is 7.99. The molecule has 7 rings (SSSR count). The number of likely N-dealkylation sites (tertiary alicyclic amines) is 1. The molecule has 3 aromatic rings. The second-order valence-corrected chi connectivity index (χ2v) is 16.6. The number of imide groups is 1. The number of benzene rings is 1. The summed E-state index contributed by atoms with van der Waals surface area (Å²) in [5.41, 5.74) is 2.91. The highest BCUT2D eigenvalue weighted by Crippen LogP contribution is 2.34. The summed E-state index contributed by atoms with van der Waals surface area (Å²) < 4.78 is 5.75. The number of carbonyl (C=O) groups excluding carboxylic acids is 6. The molecule has 0 radical (unpaired) electrons. The summed E-state index contributed by atoms with van der Waals surface area (Å²) in [7, 11) is 0. The van der Waals surface area contributed by atoms with Crippen LogP contribution in [0.2, 0.25) is 0 Å². The Hall–Kier alpha value is -5.61. The smallest absolute Gasteiger partial charge is 0.255 e. The Balaban J connectivity index is 0.751. The lowest BCUT2D eigenvalue weighted by molar-refractivity contribution is -0.137. The molecule has 0 bridgehead atoms. The number of nitrogens with zero attached hydrogens (tertiary/aromatic N) is 6. The molecule has 60 heavy (non-hydrogen) atoms. The lowest BCUT2D eigenvalue weighted by Gasteiger charge is -2.35. The lowest BCUT2D eigenvalue weighted by Crippen LogP contribution is -2.52. The predicted molar refractivity (Wildman–Crippen MR) is 226 cm³/mol. The summed E-state index contributed by atoms with van der Waals surface area (Å²) in [6, 6.07) is 12.3. The van der Waals surface area contributed by atoms with E-state index in [1.165, 1.54) is 6.08 Å². The molecular weight excluding hydrogens is 785 g/mol. The standard InChI is InChI=1S/C44H52N8O7S/c53-39(13-9-32-6-4-17-45-27-32)46-18-2-1-5-31-15-19-51(20-16-31)43(57)33-10-12-38(47-28-33)49-21-23-50(24-22-49)41(55)30-59-25-26-60-37-8-3-7-34-35(37)29-52(44(34)58)36-11-14-40(54)48-42(36)56/h3-4,6-10,12-13,17,27-28,31,36H,1-2,5,11,14-16,18-26,29-30H2,(H,46,53)(H,48,54,56)/b13-9+. The zero-order valence-electron chi connectivity index (χ0n) is 33.8. The summed E-state index contributed by atoms with van der Waals surface area (Å²) in [6.07, 6.45) is 13.9. The summed E-state index contributed by atoms with van der Waals surface area (Å²) in [4.78, 5) is 92.4. The molecule has 6 amide bonds. The normalized spacial score (nSPS) is 18.5. The number of amides is 6. The molecule has 0 saturated carbocycles. The van der Waals surface area contributed by atoms with Gasteiger partial charge < -0.3 is 29.7 Å². The van der Waals surface area contributed by atoms with Crippen molar-refractivity contribution in [3.63, 3.8) is 0 Å². The molecule has 2 N–H and O–H groups in total. The number of anilines is 1. The summed E-state index contributed by atoms with van der Waals surface area (Å²) in [6.45, 7) is 5.07. The molecule has 15 nitrogen and oxygen atoms in total. The van der Waals surface area contributed by atoms with Gasteiger partial charge in [-0.25, -0.2) is 4.98 Å². The SMILES string of the molecule is O=C(/C=C/c1cccnc1)NCCCCC1CCN(C(=O)c2ccc(N3CCN(C(=O)COCCSc4cccc5c4CN(C4CCC(=O)NC4=O)C5=O)CC3)nc2)CC1. The van der Waals surface area contributed by atoms with Crippen molar-refractivity contribution in [2.75, 3.05) is 69.7 Å². The van der Waals surface area contributed by atoms with Crippen LogP contribution in [-0.4, -0.2) is 131 Å². The van der Waals surface area contributed by atoms with Crippen LogP contribution in [0.1, 0.15) is 76.8 Å². The van der Waals surface area contributed by atoms with Crippen molar-refractivity contribution in [1.82, 2.24) is 35.3 Å². The molecule has 3 saturated heterocycles. The number of hydrogen-bond donors (Lipinski definition) is 2. The number of thioether (sulfide) groups is 1. The molecular formula is C44H52N8O7S. The van der Waals surface area contributed by atoms with Crippen LogP contribution in [-0.2, 0) is 30.5 Å². The minimum absolute atomic E-state index is 0.00238. The van der Waals surface area contributed by atoms with Crippen molar-refractivity contribution >= 4 is 59.1 Å². The first-order valence-electron chi connectivity index (χ1n) is 20.8. The van der Waals surface area contributed by atoms with Crippen LogP contribution < -0.4 is 15.5 Å². The maximum Gasteiger partial charge on any atom is 0.255 e. The number of pyridine rings is 2. The highest BCUT2D eigenvalue weighted by Gasteiger charge is 2.40. The Morgan fingerprint density at radius 3 is 2.50 bits per heavy atom. The number of hydrogen-bond acceptors (Lipinski definition) is 11. The van der Waals surface area contributed by atoms with Gasteiger partial charge in [0.2, 0.25) is 23.6 Å². The van der Waals surface area contributed by atoms with Crippen LogP contribution >= 0.6 is 11.8 Å². The quantitative estimate of drug-likeness (QED) is 0.0936. The fourth-order valence-electron chi connectivity index (χ4n) is 8.12. The molecule has 6 heterocycles. The number of fused-ring (bicyclic) bond motifs is 1. The molecule has 316 valence electrons. The molecule has 16 heteroatoms. The molecule has 1 aromatic carbocycles. The Labute approximate surface area is 354 Å². The van der Waals surface area contributed by atoms with Crippen molar-refractivity contribution in [2.45, 2.75) is 62.4 Å². The van der Waals surface area contributed by atoms with E-state index in [4.69, 9.17) is 4.74 Å². The Morgan fingerprint density at radius 2 is 1.75 bits per heavy atom. The first kappa shape index (κ1) is 42.5. The average Bonchev–Trinajstić information content (AvgIpc) is 3.61. The summed E-state index contributed by atoms with van der Waals surface area (Å²) in [5.74, 6) is 0.817. The van der Waals surface area contributed by atoms with Crippen LogP contribution in [0.4, 0.5) is 5.82 Å². The molecule has 2 aromatic heterocycles. The third-order valence-corrected chi connectivity index (χ3v) is 12.6. The van der Waals surface area contributed by atoms with E-state index in [2.05, 4.69) is 25.5 Å². The van der Waals surface area contributed by atoms with Gasteiger partial charge in [-0.15, -0.1) is 11.8 Å². The van der Waals surface area contributed by atoms with E-state index in [9.17, 15) is 28.8 Å². The number of unbranched alkanes of at least 4 members (excludes halogenated alkanes) is 1. The van der Waals surface area contributed by atoms with Gasteiger partial charge in [-0.1, -0.05) is 25.0 Å². The predicted octanol–water partition coefficient (Wildman–Crippen LogP) is 3.55. The van der Waals surface area contributed by atoms with Crippen LogP contribution in [0, 0.1) is 5.92 Å². The van der Waals surface area contributed by atoms with Gasteiger partial charge >= 0.3 is 0 Å². The van der Waals surface area contributed by atoms with E-state index >= 15 is 0 Å². The van der Waals surface area contributed by atoms with Gasteiger partial charge in [-0.3, -0.25) is 39.1 Å². The van der Waals surface area contributed by atoms with E-state index in [1.54, 1.807) is 52.3 Å². The van der Waals surface area contributed by atoms with Gasteiger partial charge in [-0.05, 0) is 79.1 Å². The number of ether oxygens (including phenoxy) is 1. The fraction of sp³-hybridized carbons (Fsp3) is 0.455. The van der Waals surface area contributed by atoms with E-state index < -0.39 is 11.9 Å². The number of rotatable bonds is 16. The maximum absolute atomic E-state index is 13.3. The molecule has 0 aliphatic carbocycles. The van der Waals surface area contributed by atoms with E-state index in [0.717, 1.165) is 67.0 Å². The van der Waals surface area contributed by atoms with Crippen LogP contribution in [0.3, 0.4) is 0 Å². The first-order valence-corrected chi connectivity index (χ1v) is 21.8. The van der Waals surface area contributed by atoms with Crippen LogP contribution in [0.5, 0.6) is 0 Å². The highest BCUT2D eigenvalue weighted by atomic mass is 32.2. The van der Waals surface area contributed by atoms with Crippen molar-refractivity contribution in [1.29, 1.82) is 0 Å². The zero-order chi connectivity index (χ0) is 41.8. The van der Waals surface area contributed by atoms with Gasteiger partial charge in [0.05, 0.1) is 12.2 Å². The van der Waals surface area contributed by atoms with E-state index in [0.29, 0.717) is 75.1 Å². The average molecular weight is 837 g/mol. The van der Waals surface area contributed by atoms with Crippen molar-refractivity contribution < 1.29 is 33.5 Å². The van der Waals surface area contributed by atoms with E-state index in [1.807, 2.05) is 41.3 Å². The van der Waals surface area contributed by atoms with E-state index in [-0.39, 0.29) is 42.6 Å². The number of piperazine rings is 1.